The van der Waals surface area contributed by atoms with E-state index in [2.05, 4.69) is 49.4 Å². The quantitative estimate of drug-likeness (QED) is 0.537. The fourth-order valence-electron chi connectivity index (χ4n) is 4.92. The lowest BCUT2D eigenvalue weighted by Gasteiger charge is -2.37. The average Bonchev–Trinajstić information content (AvgIpc) is 3.12. The molecule has 1 amide bonds. The van der Waals surface area contributed by atoms with E-state index in [-0.39, 0.29) is 23.8 Å². The number of carbonyl (C=O) groups excluding carboxylic acids is 1. The second kappa shape index (κ2) is 9.64. The van der Waals surface area contributed by atoms with Crippen LogP contribution in [0.5, 0.6) is 0 Å². The molecule has 1 saturated heterocycles. The number of likely N-dealkylation sites (tertiary alicyclic amines) is 1. The van der Waals surface area contributed by atoms with Crippen LogP contribution in [0.1, 0.15) is 54.7 Å². The zero-order valence-corrected chi connectivity index (χ0v) is 20.4. The largest absolute Gasteiger partial charge is 0.341 e. The number of likely N-dealkylation sites (N-methyl/N-ethyl adjacent to an activating group) is 1. The molecule has 3 aromatic rings. The van der Waals surface area contributed by atoms with E-state index in [1.54, 1.807) is 12.1 Å². The van der Waals surface area contributed by atoms with E-state index in [0.29, 0.717) is 12.8 Å². The number of halogens is 1. The molecule has 1 aliphatic rings. The summed E-state index contributed by atoms with van der Waals surface area (Å²) in [4.78, 5) is 23.1. The van der Waals surface area contributed by atoms with Crippen molar-refractivity contribution >= 4 is 16.9 Å². The smallest absolute Gasteiger partial charge is 0.245 e. The number of hydrogen-bond donors (Lipinski definition) is 0. The van der Waals surface area contributed by atoms with Gasteiger partial charge in [0.25, 0.3) is 0 Å². The van der Waals surface area contributed by atoms with E-state index >= 15 is 0 Å². The molecule has 0 saturated carbocycles. The number of amides is 1. The van der Waals surface area contributed by atoms with Crippen molar-refractivity contribution in [2.75, 3.05) is 27.2 Å². The molecule has 6 heteroatoms. The van der Waals surface area contributed by atoms with Gasteiger partial charge in [-0.05, 0) is 94.2 Å². The maximum Gasteiger partial charge on any atom is 0.245 e. The number of carbonyl (C=O) groups is 1. The molecule has 1 aromatic heterocycles. The van der Waals surface area contributed by atoms with E-state index in [1.807, 2.05) is 11.9 Å². The molecule has 5 nitrogen and oxygen atoms in total. The third-order valence-electron chi connectivity index (χ3n) is 7.22. The van der Waals surface area contributed by atoms with Gasteiger partial charge in [0, 0.05) is 19.5 Å². The first kappa shape index (κ1) is 23.4. The standard InChI is InChI=1S/C27H35FN4O/c1-6-24(27(33)31(5)22-11-13-30(4)14-12-22)32-25-16-19(3)18(2)15-23(25)29-26(32)17-20-7-9-21(28)10-8-20/h7-10,15-16,22,24H,6,11-14,17H2,1-5H3. The summed E-state index contributed by atoms with van der Waals surface area (Å²) in [6.07, 6.45) is 3.24. The first-order valence-corrected chi connectivity index (χ1v) is 12.0. The lowest BCUT2D eigenvalue weighted by Crippen LogP contribution is -2.46. The van der Waals surface area contributed by atoms with Gasteiger partial charge in [0.05, 0.1) is 11.0 Å². The second-order valence-electron chi connectivity index (χ2n) is 9.53. The minimum Gasteiger partial charge on any atom is -0.341 e. The minimum atomic E-state index is -0.322. The van der Waals surface area contributed by atoms with Gasteiger partial charge in [-0.1, -0.05) is 19.1 Å². The van der Waals surface area contributed by atoms with Crippen LogP contribution in [0.4, 0.5) is 4.39 Å². The molecule has 0 radical (unpaired) electrons. The van der Waals surface area contributed by atoms with Crippen LogP contribution in [0.15, 0.2) is 36.4 Å². The van der Waals surface area contributed by atoms with Crippen molar-refractivity contribution < 1.29 is 9.18 Å². The van der Waals surface area contributed by atoms with Crippen molar-refractivity contribution in [2.24, 2.45) is 0 Å². The van der Waals surface area contributed by atoms with Gasteiger partial charge in [0.15, 0.2) is 0 Å². The Kier molecular flexibility index (Phi) is 6.84. The third-order valence-corrected chi connectivity index (χ3v) is 7.22. The van der Waals surface area contributed by atoms with Crippen LogP contribution in [0.2, 0.25) is 0 Å². The van der Waals surface area contributed by atoms with E-state index in [1.165, 1.54) is 23.3 Å². The predicted octanol–water partition coefficient (Wildman–Crippen LogP) is 4.89. The zero-order valence-electron chi connectivity index (χ0n) is 20.4. The summed E-state index contributed by atoms with van der Waals surface area (Å²) >= 11 is 0. The summed E-state index contributed by atoms with van der Waals surface area (Å²) in [5.41, 5.74) is 5.24. The lowest BCUT2D eigenvalue weighted by molar-refractivity contribution is -0.136. The monoisotopic (exact) mass is 450 g/mol. The van der Waals surface area contributed by atoms with Crippen molar-refractivity contribution in [3.05, 3.63) is 64.7 Å². The number of aromatic nitrogens is 2. The molecule has 1 unspecified atom stereocenters. The first-order chi connectivity index (χ1) is 15.8. The maximum absolute atomic E-state index is 13.8. The van der Waals surface area contributed by atoms with Gasteiger partial charge in [-0.2, -0.15) is 0 Å². The third kappa shape index (κ3) is 4.81. The Hall–Kier alpha value is -2.73. The van der Waals surface area contributed by atoms with E-state index in [9.17, 15) is 9.18 Å². The van der Waals surface area contributed by atoms with Gasteiger partial charge >= 0.3 is 0 Å². The highest BCUT2D eigenvalue weighted by molar-refractivity contribution is 5.85. The highest BCUT2D eigenvalue weighted by Crippen LogP contribution is 2.29. The zero-order chi connectivity index (χ0) is 23.7. The topological polar surface area (TPSA) is 41.4 Å². The molecular formula is C27H35FN4O. The summed E-state index contributed by atoms with van der Waals surface area (Å²) in [7, 11) is 4.09. The highest BCUT2D eigenvalue weighted by Gasteiger charge is 2.31. The fraction of sp³-hybridized carbons (Fsp3) is 0.481. The lowest BCUT2D eigenvalue weighted by atomic mass is 10.0. The molecule has 1 aliphatic heterocycles. The van der Waals surface area contributed by atoms with E-state index < -0.39 is 0 Å². The molecule has 1 fully saturated rings. The van der Waals surface area contributed by atoms with Gasteiger partial charge in [-0.3, -0.25) is 4.79 Å². The van der Waals surface area contributed by atoms with Gasteiger partial charge in [-0.25, -0.2) is 9.37 Å². The molecule has 0 spiro atoms. The summed E-state index contributed by atoms with van der Waals surface area (Å²) < 4.78 is 15.6. The molecule has 1 atom stereocenters. The molecule has 2 heterocycles. The summed E-state index contributed by atoms with van der Waals surface area (Å²) in [5.74, 6) is 0.739. The molecule has 0 aliphatic carbocycles. The van der Waals surface area contributed by atoms with Gasteiger partial charge in [0.1, 0.15) is 17.7 Å². The predicted molar refractivity (Wildman–Crippen MR) is 131 cm³/mol. The Morgan fingerprint density at radius 3 is 2.42 bits per heavy atom. The number of hydrogen-bond acceptors (Lipinski definition) is 3. The Morgan fingerprint density at radius 2 is 1.79 bits per heavy atom. The summed E-state index contributed by atoms with van der Waals surface area (Å²) in [6.45, 7) is 8.28. The van der Waals surface area contributed by atoms with Crippen LogP contribution < -0.4 is 0 Å². The molecular weight excluding hydrogens is 415 g/mol. The van der Waals surface area contributed by atoms with Crippen LogP contribution in [0.3, 0.4) is 0 Å². The van der Waals surface area contributed by atoms with Crippen molar-refractivity contribution in [1.29, 1.82) is 0 Å². The average molecular weight is 451 g/mol. The van der Waals surface area contributed by atoms with Crippen molar-refractivity contribution in [1.82, 2.24) is 19.4 Å². The maximum atomic E-state index is 13.8. The molecule has 176 valence electrons. The van der Waals surface area contributed by atoms with Crippen LogP contribution >= 0.6 is 0 Å². The van der Waals surface area contributed by atoms with Crippen LogP contribution in [-0.2, 0) is 11.2 Å². The first-order valence-electron chi connectivity index (χ1n) is 12.0. The normalized spacial score (nSPS) is 16.3. The highest BCUT2D eigenvalue weighted by atomic mass is 19.1. The summed E-state index contributed by atoms with van der Waals surface area (Å²) in [5, 5.41) is 0. The van der Waals surface area contributed by atoms with Crippen molar-refractivity contribution in [3.8, 4) is 0 Å². The number of benzene rings is 2. The second-order valence-corrected chi connectivity index (χ2v) is 9.53. The van der Waals surface area contributed by atoms with E-state index in [0.717, 1.165) is 48.4 Å². The van der Waals surface area contributed by atoms with Gasteiger partial charge < -0.3 is 14.4 Å². The van der Waals surface area contributed by atoms with Crippen LogP contribution in [-0.4, -0.2) is 58.5 Å². The number of aryl methyl sites for hydroxylation is 2. The van der Waals surface area contributed by atoms with Crippen molar-refractivity contribution in [3.63, 3.8) is 0 Å². The van der Waals surface area contributed by atoms with Gasteiger partial charge in [0.2, 0.25) is 5.91 Å². The fourth-order valence-corrected chi connectivity index (χ4v) is 4.92. The Labute approximate surface area is 196 Å². The Morgan fingerprint density at radius 1 is 1.15 bits per heavy atom. The molecule has 4 rings (SSSR count). The number of nitrogens with zero attached hydrogens (tertiary/aromatic N) is 4. The molecule has 33 heavy (non-hydrogen) atoms. The minimum absolute atomic E-state index is 0.143. The van der Waals surface area contributed by atoms with E-state index in [4.69, 9.17) is 4.98 Å². The number of fused-ring (bicyclic) bond motifs is 1. The molecule has 0 N–H and O–H groups in total. The summed E-state index contributed by atoms with van der Waals surface area (Å²) in [6, 6.07) is 10.7. The Bertz CT molecular complexity index is 1130. The Balaban J connectivity index is 1.74. The molecule has 0 bridgehead atoms. The number of piperidine rings is 1. The number of imidazole rings is 1. The van der Waals surface area contributed by atoms with Crippen molar-refractivity contribution in [2.45, 2.75) is 58.5 Å². The van der Waals surface area contributed by atoms with Crippen LogP contribution in [0, 0.1) is 19.7 Å². The van der Waals surface area contributed by atoms with Gasteiger partial charge in [-0.15, -0.1) is 0 Å². The number of rotatable bonds is 6. The van der Waals surface area contributed by atoms with Crippen LogP contribution in [0.25, 0.3) is 11.0 Å². The SMILES string of the molecule is CCC(C(=O)N(C)C1CCN(C)CC1)n1c(Cc2ccc(F)cc2)nc2cc(C)c(C)cc21. The molecule has 2 aromatic carbocycles.